The minimum atomic E-state index is 0.763. The summed E-state index contributed by atoms with van der Waals surface area (Å²) in [5.74, 6) is 1.88. The highest BCUT2D eigenvalue weighted by molar-refractivity contribution is 9.10. The van der Waals surface area contributed by atoms with Crippen molar-refractivity contribution < 1.29 is 0 Å². The summed E-state index contributed by atoms with van der Waals surface area (Å²) < 4.78 is 3.01. The predicted octanol–water partition coefficient (Wildman–Crippen LogP) is 1.62. The number of rotatable bonds is 0. The Morgan fingerprint density at radius 3 is 3.18 bits per heavy atom. The van der Waals surface area contributed by atoms with E-state index in [1.54, 1.807) is 0 Å². The summed E-state index contributed by atoms with van der Waals surface area (Å²) in [6.45, 7) is 3.32. The molecule has 3 nitrogen and oxygen atoms in total. The zero-order chi connectivity index (χ0) is 7.84. The topological polar surface area (TPSA) is 30.7 Å². The third-order valence-electron chi connectivity index (χ3n) is 2.16. The second-order valence-electron chi connectivity index (χ2n) is 3.13. The van der Waals surface area contributed by atoms with E-state index in [2.05, 4.69) is 37.6 Å². The molecule has 11 heavy (non-hydrogen) atoms. The fourth-order valence-electron chi connectivity index (χ4n) is 1.45. The van der Waals surface area contributed by atoms with Crippen LogP contribution in [0.3, 0.4) is 0 Å². The lowest BCUT2D eigenvalue weighted by Gasteiger charge is -2.18. The lowest BCUT2D eigenvalue weighted by Crippen LogP contribution is -2.17. The van der Waals surface area contributed by atoms with Crippen molar-refractivity contribution in [2.24, 2.45) is 5.92 Å². The first-order valence-corrected chi connectivity index (χ1v) is 4.64. The molecule has 0 N–H and O–H groups in total. The quantitative estimate of drug-likeness (QED) is 0.659. The molecule has 0 amide bonds. The molecule has 0 spiro atoms. The first kappa shape index (κ1) is 7.28. The summed E-state index contributed by atoms with van der Waals surface area (Å²) in [6.07, 6.45) is 2.31. The maximum absolute atomic E-state index is 4.07. The lowest BCUT2D eigenvalue weighted by molar-refractivity contribution is 0.406. The number of halogens is 1. The lowest BCUT2D eigenvalue weighted by atomic mass is 10.0. The molecular formula is C7H10BrN3. The van der Waals surface area contributed by atoms with Crippen LogP contribution >= 0.6 is 15.9 Å². The van der Waals surface area contributed by atoms with Crippen LogP contribution < -0.4 is 0 Å². The standard InChI is InChI=1S/C7H10BrN3/c1-5-2-3-11-6(4-5)9-10-7(11)8/h5H,2-4H2,1H3. The Labute approximate surface area is 73.9 Å². The molecule has 1 aromatic rings. The normalized spacial score (nSPS) is 23.3. The van der Waals surface area contributed by atoms with Gasteiger partial charge in [0.25, 0.3) is 0 Å². The Kier molecular flexibility index (Phi) is 1.71. The number of hydrogen-bond donors (Lipinski definition) is 0. The molecule has 0 aromatic carbocycles. The van der Waals surface area contributed by atoms with Gasteiger partial charge in [-0.1, -0.05) is 6.92 Å². The Balaban J connectivity index is 2.36. The summed E-state index contributed by atoms with van der Waals surface area (Å²) >= 11 is 3.36. The molecule has 1 atom stereocenters. The van der Waals surface area contributed by atoms with Gasteiger partial charge in [0.1, 0.15) is 5.82 Å². The predicted molar refractivity (Wildman–Crippen MR) is 45.2 cm³/mol. The Morgan fingerprint density at radius 2 is 2.36 bits per heavy atom. The zero-order valence-corrected chi connectivity index (χ0v) is 8.00. The Bertz CT molecular complexity index is 269. The highest BCUT2D eigenvalue weighted by Crippen LogP contribution is 2.21. The molecule has 0 radical (unpaired) electrons. The molecule has 2 heterocycles. The van der Waals surface area contributed by atoms with Gasteiger partial charge >= 0.3 is 0 Å². The highest BCUT2D eigenvalue weighted by atomic mass is 79.9. The molecule has 2 rings (SSSR count). The Hall–Kier alpha value is -0.380. The molecule has 0 saturated heterocycles. The van der Waals surface area contributed by atoms with E-state index < -0.39 is 0 Å². The van der Waals surface area contributed by atoms with E-state index in [4.69, 9.17) is 0 Å². The smallest absolute Gasteiger partial charge is 0.200 e. The number of nitrogens with zero attached hydrogens (tertiary/aromatic N) is 3. The molecule has 1 aliphatic heterocycles. The van der Waals surface area contributed by atoms with Gasteiger partial charge in [0.05, 0.1) is 0 Å². The van der Waals surface area contributed by atoms with Gasteiger partial charge in [-0.15, -0.1) is 10.2 Å². The average Bonchev–Trinajstić information content (AvgIpc) is 2.32. The zero-order valence-electron chi connectivity index (χ0n) is 6.42. The largest absolute Gasteiger partial charge is 0.306 e. The number of hydrogen-bond acceptors (Lipinski definition) is 2. The van der Waals surface area contributed by atoms with Crippen molar-refractivity contribution in [1.82, 2.24) is 14.8 Å². The number of aromatic nitrogens is 3. The van der Waals surface area contributed by atoms with Gasteiger partial charge in [-0.2, -0.15) is 0 Å². The van der Waals surface area contributed by atoms with Crippen LogP contribution in [0.25, 0.3) is 0 Å². The van der Waals surface area contributed by atoms with Crippen LogP contribution in [0.2, 0.25) is 0 Å². The van der Waals surface area contributed by atoms with Gasteiger partial charge in [-0.25, -0.2) is 0 Å². The summed E-state index contributed by atoms with van der Waals surface area (Å²) in [5, 5.41) is 8.04. The second-order valence-corrected chi connectivity index (χ2v) is 3.84. The third-order valence-corrected chi connectivity index (χ3v) is 2.75. The van der Waals surface area contributed by atoms with Crippen molar-refractivity contribution in [3.63, 3.8) is 0 Å². The van der Waals surface area contributed by atoms with Gasteiger partial charge < -0.3 is 4.57 Å². The molecule has 4 heteroatoms. The fraction of sp³-hybridized carbons (Fsp3) is 0.714. The van der Waals surface area contributed by atoms with Crippen LogP contribution in [-0.2, 0) is 13.0 Å². The molecule has 0 aliphatic carbocycles. The van der Waals surface area contributed by atoms with Crippen LogP contribution in [0.15, 0.2) is 4.73 Å². The second kappa shape index (κ2) is 2.59. The van der Waals surface area contributed by atoms with E-state index in [1.807, 2.05) is 0 Å². The molecule has 0 fully saturated rings. The molecule has 0 bridgehead atoms. The van der Waals surface area contributed by atoms with Crippen molar-refractivity contribution in [3.05, 3.63) is 10.6 Å². The highest BCUT2D eigenvalue weighted by Gasteiger charge is 2.18. The van der Waals surface area contributed by atoms with Crippen LogP contribution in [0.1, 0.15) is 19.2 Å². The summed E-state index contributed by atoms with van der Waals surface area (Å²) in [4.78, 5) is 0. The van der Waals surface area contributed by atoms with Crippen molar-refractivity contribution in [1.29, 1.82) is 0 Å². The van der Waals surface area contributed by atoms with E-state index in [-0.39, 0.29) is 0 Å². The first-order chi connectivity index (χ1) is 5.27. The monoisotopic (exact) mass is 215 g/mol. The molecule has 0 saturated carbocycles. The summed E-state index contributed by atoms with van der Waals surface area (Å²) in [7, 11) is 0. The summed E-state index contributed by atoms with van der Waals surface area (Å²) in [5.41, 5.74) is 0. The maximum Gasteiger partial charge on any atom is 0.200 e. The molecule has 60 valence electrons. The van der Waals surface area contributed by atoms with Crippen molar-refractivity contribution in [2.75, 3.05) is 0 Å². The van der Waals surface area contributed by atoms with Gasteiger partial charge in [0.15, 0.2) is 4.73 Å². The SMILES string of the molecule is CC1CCn2c(Br)nnc2C1. The first-order valence-electron chi connectivity index (χ1n) is 3.85. The van der Waals surface area contributed by atoms with E-state index in [0.29, 0.717) is 0 Å². The van der Waals surface area contributed by atoms with Gasteiger partial charge in [-0.05, 0) is 28.3 Å². The minimum absolute atomic E-state index is 0.763. The van der Waals surface area contributed by atoms with Crippen LogP contribution in [-0.4, -0.2) is 14.8 Å². The van der Waals surface area contributed by atoms with Gasteiger partial charge in [-0.3, -0.25) is 0 Å². The van der Waals surface area contributed by atoms with Crippen LogP contribution in [0, 0.1) is 5.92 Å². The van der Waals surface area contributed by atoms with Crippen molar-refractivity contribution in [3.8, 4) is 0 Å². The number of fused-ring (bicyclic) bond motifs is 1. The third kappa shape index (κ3) is 1.20. The van der Waals surface area contributed by atoms with E-state index in [0.717, 1.165) is 29.4 Å². The van der Waals surface area contributed by atoms with E-state index in [1.165, 1.54) is 6.42 Å². The van der Waals surface area contributed by atoms with Crippen LogP contribution in [0.4, 0.5) is 0 Å². The molecule has 1 unspecified atom stereocenters. The van der Waals surface area contributed by atoms with Gasteiger partial charge in [0, 0.05) is 13.0 Å². The van der Waals surface area contributed by atoms with Crippen LogP contribution in [0.5, 0.6) is 0 Å². The molecule has 1 aliphatic rings. The van der Waals surface area contributed by atoms with E-state index in [9.17, 15) is 0 Å². The molecule has 1 aromatic heterocycles. The maximum atomic E-state index is 4.07. The fourth-order valence-corrected chi connectivity index (χ4v) is 1.91. The minimum Gasteiger partial charge on any atom is -0.306 e. The summed E-state index contributed by atoms with van der Waals surface area (Å²) in [6, 6.07) is 0. The Morgan fingerprint density at radius 1 is 1.55 bits per heavy atom. The molecular weight excluding hydrogens is 206 g/mol. The van der Waals surface area contributed by atoms with Gasteiger partial charge in [0.2, 0.25) is 0 Å². The van der Waals surface area contributed by atoms with Crippen molar-refractivity contribution in [2.45, 2.75) is 26.3 Å². The average molecular weight is 216 g/mol. The van der Waals surface area contributed by atoms with E-state index >= 15 is 0 Å². The van der Waals surface area contributed by atoms with Crippen molar-refractivity contribution >= 4 is 15.9 Å².